The number of hydrogen-bond donors (Lipinski definition) is 0. The van der Waals surface area contributed by atoms with Gasteiger partial charge in [0.2, 0.25) is 0 Å². The molecule has 0 radical (unpaired) electrons. The van der Waals surface area contributed by atoms with Crippen LogP contribution < -0.4 is 5.01 Å². The van der Waals surface area contributed by atoms with Gasteiger partial charge >= 0.3 is 0 Å². The number of anilines is 1. The zero-order valence-electron chi connectivity index (χ0n) is 16.3. The summed E-state index contributed by atoms with van der Waals surface area (Å²) in [6.45, 7) is 1.85. The smallest absolute Gasteiger partial charge is 0.260 e. The molecule has 4 nitrogen and oxygen atoms in total. The molecule has 1 heterocycles. The number of benzene rings is 3. The Morgan fingerprint density at radius 2 is 1.53 bits per heavy atom. The molecule has 3 aromatic rings. The topological polar surface area (TPSA) is 49.7 Å². The molecule has 3 atom stereocenters. The molecule has 1 aliphatic heterocycles. The quantitative estimate of drug-likeness (QED) is 0.540. The second-order valence-electron chi connectivity index (χ2n) is 7.74. The zero-order valence-corrected chi connectivity index (χ0v) is 17.1. The van der Waals surface area contributed by atoms with Gasteiger partial charge < -0.3 is 0 Å². The molecule has 148 valence electrons. The Kier molecular flexibility index (Phi) is 4.33. The summed E-state index contributed by atoms with van der Waals surface area (Å²) in [5.74, 6) is -0.952. The van der Waals surface area contributed by atoms with Crippen molar-refractivity contribution in [2.75, 3.05) is 5.01 Å². The van der Waals surface area contributed by atoms with Crippen LogP contribution in [-0.4, -0.2) is 17.4 Å². The van der Waals surface area contributed by atoms with Gasteiger partial charge in [-0.15, -0.1) is 0 Å². The molecule has 1 aliphatic carbocycles. The standard InChI is InChI=1S/C25H19ClN2O2/c1-16-25(24(30)28(27-16)20-10-6-3-7-11-20)21(17-12-14-19(26)15-13-17)22(25)23(29)18-8-4-2-5-9-18/h2-15,21-22H,1H3/t21-,22+,25+/m1/s1. The Labute approximate surface area is 179 Å². The Morgan fingerprint density at radius 3 is 2.17 bits per heavy atom. The predicted octanol–water partition coefficient (Wildman–Crippen LogP) is 5.35. The monoisotopic (exact) mass is 414 g/mol. The lowest BCUT2D eigenvalue weighted by Gasteiger charge is -2.15. The number of amides is 1. The molecule has 0 aromatic heterocycles. The molecule has 5 heteroatoms. The van der Waals surface area contributed by atoms with Crippen molar-refractivity contribution < 1.29 is 9.59 Å². The Bertz CT molecular complexity index is 1160. The van der Waals surface area contributed by atoms with Crippen LogP contribution in [0.3, 0.4) is 0 Å². The van der Waals surface area contributed by atoms with Crippen molar-refractivity contribution >= 4 is 34.7 Å². The van der Waals surface area contributed by atoms with Crippen molar-refractivity contribution in [3.05, 3.63) is 101 Å². The molecular weight excluding hydrogens is 396 g/mol. The molecule has 1 saturated carbocycles. The lowest BCUT2D eigenvalue weighted by atomic mass is 9.92. The highest BCUT2D eigenvalue weighted by Crippen LogP contribution is 2.69. The molecular formula is C25H19ClN2O2. The van der Waals surface area contributed by atoms with E-state index in [1.54, 1.807) is 24.3 Å². The maximum atomic E-state index is 13.7. The highest BCUT2D eigenvalue weighted by Gasteiger charge is 2.77. The number of Topliss-reactive ketones (excluding diaryl/α,β-unsaturated/α-hetero) is 1. The third-order valence-electron chi connectivity index (χ3n) is 6.17. The Balaban J connectivity index is 1.60. The Morgan fingerprint density at radius 1 is 0.933 bits per heavy atom. The van der Waals surface area contributed by atoms with Crippen molar-refractivity contribution in [1.29, 1.82) is 0 Å². The maximum Gasteiger partial charge on any atom is 0.260 e. The number of ketones is 1. The zero-order chi connectivity index (χ0) is 20.9. The first-order valence-corrected chi connectivity index (χ1v) is 10.2. The van der Waals surface area contributed by atoms with E-state index in [4.69, 9.17) is 11.6 Å². The average Bonchev–Trinajstić information content (AvgIpc) is 3.42. The maximum absolute atomic E-state index is 13.7. The van der Waals surface area contributed by atoms with E-state index in [1.165, 1.54) is 5.01 Å². The van der Waals surface area contributed by atoms with E-state index in [0.717, 1.165) is 5.56 Å². The molecule has 0 unspecified atom stereocenters. The van der Waals surface area contributed by atoms with Crippen LogP contribution in [-0.2, 0) is 4.79 Å². The third-order valence-corrected chi connectivity index (χ3v) is 6.42. The van der Waals surface area contributed by atoms with Gasteiger partial charge in [-0.25, -0.2) is 0 Å². The number of hydrogen-bond acceptors (Lipinski definition) is 3. The fraction of sp³-hybridized carbons (Fsp3) is 0.160. The third kappa shape index (κ3) is 2.64. The van der Waals surface area contributed by atoms with Crippen molar-refractivity contribution in [3.8, 4) is 0 Å². The summed E-state index contributed by atoms with van der Waals surface area (Å²) < 4.78 is 0. The number of halogens is 1. The van der Waals surface area contributed by atoms with E-state index in [1.807, 2.05) is 67.6 Å². The predicted molar refractivity (Wildman–Crippen MR) is 118 cm³/mol. The normalized spacial score (nSPS) is 24.8. The van der Waals surface area contributed by atoms with Gasteiger partial charge in [0.05, 0.1) is 17.3 Å². The minimum absolute atomic E-state index is 0.0339. The second kappa shape index (κ2) is 6.92. The summed E-state index contributed by atoms with van der Waals surface area (Å²) in [5, 5.41) is 6.66. The minimum Gasteiger partial charge on any atom is -0.294 e. The number of para-hydroxylation sites is 1. The molecule has 30 heavy (non-hydrogen) atoms. The van der Waals surface area contributed by atoms with Gasteiger partial charge in [-0.1, -0.05) is 72.3 Å². The molecule has 0 bridgehead atoms. The van der Waals surface area contributed by atoms with Crippen LogP contribution >= 0.6 is 11.6 Å². The number of nitrogens with zero attached hydrogens (tertiary/aromatic N) is 2. The fourth-order valence-corrected chi connectivity index (χ4v) is 4.85. The van der Waals surface area contributed by atoms with Crippen LogP contribution in [0.1, 0.15) is 28.8 Å². The molecule has 5 rings (SSSR count). The molecule has 0 N–H and O–H groups in total. The molecule has 3 aromatic carbocycles. The summed E-state index contributed by atoms with van der Waals surface area (Å²) in [6.07, 6.45) is 0. The van der Waals surface area contributed by atoms with Gasteiger partial charge in [0, 0.05) is 16.5 Å². The number of hydrazone groups is 1. The minimum atomic E-state index is -0.962. The van der Waals surface area contributed by atoms with Crippen LogP contribution in [0.25, 0.3) is 0 Å². The second-order valence-corrected chi connectivity index (χ2v) is 8.18. The van der Waals surface area contributed by atoms with Gasteiger partial charge in [0.25, 0.3) is 5.91 Å². The summed E-state index contributed by atoms with van der Waals surface area (Å²) in [7, 11) is 0. The number of carbonyl (C=O) groups excluding carboxylic acids is 2. The van der Waals surface area contributed by atoms with Crippen molar-refractivity contribution in [2.45, 2.75) is 12.8 Å². The van der Waals surface area contributed by atoms with E-state index in [0.29, 0.717) is 22.0 Å². The van der Waals surface area contributed by atoms with E-state index in [2.05, 4.69) is 5.10 Å². The van der Waals surface area contributed by atoms with Crippen molar-refractivity contribution in [2.24, 2.45) is 16.4 Å². The largest absolute Gasteiger partial charge is 0.294 e. The van der Waals surface area contributed by atoms with E-state index in [-0.39, 0.29) is 17.6 Å². The van der Waals surface area contributed by atoms with Gasteiger partial charge in [-0.05, 0) is 36.8 Å². The van der Waals surface area contributed by atoms with E-state index < -0.39 is 11.3 Å². The van der Waals surface area contributed by atoms with E-state index in [9.17, 15) is 9.59 Å². The first-order chi connectivity index (χ1) is 14.5. The lowest BCUT2D eigenvalue weighted by molar-refractivity contribution is -0.121. The lowest BCUT2D eigenvalue weighted by Crippen LogP contribution is -2.32. The van der Waals surface area contributed by atoms with E-state index >= 15 is 0 Å². The van der Waals surface area contributed by atoms with Crippen LogP contribution in [0.2, 0.25) is 5.02 Å². The molecule has 1 fully saturated rings. The molecule has 0 saturated heterocycles. The van der Waals surface area contributed by atoms with Gasteiger partial charge in [-0.3, -0.25) is 9.59 Å². The van der Waals surface area contributed by atoms with Crippen LogP contribution in [0.15, 0.2) is 90.0 Å². The van der Waals surface area contributed by atoms with Crippen molar-refractivity contribution in [3.63, 3.8) is 0 Å². The summed E-state index contributed by atoms with van der Waals surface area (Å²) in [5.41, 5.74) is 1.94. The van der Waals surface area contributed by atoms with Crippen molar-refractivity contribution in [1.82, 2.24) is 0 Å². The SMILES string of the molecule is CC1=NN(c2ccccc2)C(=O)[C@@]12[C@H](C(=O)c1ccccc1)[C@H]2c1ccc(Cl)cc1. The summed E-state index contributed by atoms with van der Waals surface area (Å²) in [6, 6.07) is 25.9. The van der Waals surface area contributed by atoms with Crippen LogP contribution in [0.4, 0.5) is 5.69 Å². The first kappa shape index (κ1) is 18.8. The van der Waals surface area contributed by atoms with Gasteiger partial charge in [0.15, 0.2) is 5.78 Å². The molecule has 2 aliphatic rings. The average molecular weight is 415 g/mol. The summed E-state index contributed by atoms with van der Waals surface area (Å²) in [4.78, 5) is 27.2. The highest BCUT2D eigenvalue weighted by atomic mass is 35.5. The number of rotatable bonds is 4. The fourth-order valence-electron chi connectivity index (χ4n) is 4.72. The summed E-state index contributed by atoms with van der Waals surface area (Å²) >= 11 is 6.08. The Hall–Kier alpha value is -3.24. The highest BCUT2D eigenvalue weighted by molar-refractivity contribution is 6.30. The first-order valence-electron chi connectivity index (χ1n) is 9.85. The van der Waals surface area contributed by atoms with Crippen LogP contribution in [0.5, 0.6) is 0 Å². The molecule has 1 spiro atoms. The van der Waals surface area contributed by atoms with Crippen LogP contribution in [0, 0.1) is 11.3 Å². The molecule has 1 amide bonds. The number of carbonyl (C=O) groups is 2. The van der Waals surface area contributed by atoms with Gasteiger partial charge in [-0.2, -0.15) is 10.1 Å². The van der Waals surface area contributed by atoms with Gasteiger partial charge in [0.1, 0.15) is 5.41 Å².